The number of benzene rings is 2. The molecule has 25 heavy (non-hydrogen) atoms. The highest BCUT2D eigenvalue weighted by Gasteiger charge is 2.38. The third-order valence-corrected chi connectivity index (χ3v) is 4.99. The van der Waals surface area contributed by atoms with Gasteiger partial charge in [0, 0.05) is 11.6 Å². The zero-order chi connectivity index (χ0) is 18.0. The molecule has 3 heteroatoms. The van der Waals surface area contributed by atoms with Crippen LogP contribution < -0.4 is 5.32 Å². The number of hydrogen-bond acceptors (Lipinski definition) is 3. The second-order valence-electron chi connectivity index (χ2n) is 8.23. The summed E-state index contributed by atoms with van der Waals surface area (Å²) in [5.74, 6) is 0.0809. The predicted molar refractivity (Wildman–Crippen MR) is 102 cm³/mol. The van der Waals surface area contributed by atoms with E-state index in [2.05, 4.69) is 50.4 Å². The molecule has 1 saturated carbocycles. The molecule has 2 aromatic carbocycles. The quantitative estimate of drug-likeness (QED) is 0.791. The zero-order valence-electron chi connectivity index (χ0n) is 15.3. The van der Waals surface area contributed by atoms with Crippen LogP contribution in [0.25, 0.3) is 11.1 Å². The van der Waals surface area contributed by atoms with Gasteiger partial charge in [-0.1, -0.05) is 54.6 Å². The maximum Gasteiger partial charge on any atom is 0.0819 e. The molecule has 0 bridgehead atoms. The second-order valence-corrected chi connectivity index (χ2v) is 8.23. The van der Waals surface area contributed by atoms with Gasteiger partial charge in [-0.05, 0) is 56.2 Å². The van der Waals surface area contributed by atoms with Gasteiger partial charge in [-0.15, -0.1) is 0 Å². The molecule has 0 amide bonds. The van der Waals surface area contributed by atoms with Crippen molar-refractivity contribution in [2.24, 2.45) is 5.92 Å². The molecule has 4 atom stereocenters. The average molecular weight is 339 g/mol. The van der Waals surface area contributed by atoms with Gasteiger partial charge in [-0.25, -0.2) is 0 Å². The lowest BCUT2D eigenvalue weighted by Gasteiger charge is -2.28. The minimum absolute atomic E-state index is 0.0389. The van der Waals surface area contributed by atoms with Crippen molar-refractivity contribution in [3.05, 3.63) is 60.2 Å². The van der Waals surface area contributed by atoms with Crippen molar-refractivity contribution in [1.82, 2.24) is 5.32 Å². The van der Waals surface area contributed by atoms with E-state index < -0.39 is 12.2 Å². The van der Waals surface area contributed by atoms with E-state index in [4.69, 9.17) is 0 Å². The summed E-state index contributed by atoms with van der Waals surface area (Å²) in [5.41, 5.74) is 3.21. The van der Waals surface area contributed by atoms with Crippen LogP contribution in [0.15, 0.2) is 54.6 Å². The fourth-order valence-corrected chi connectivity index (χ4v) is 3.80. The summed E-state index contributed by atoms with van der Waals surface area (Å²) in [5, 5.41) is 24.6. The van der Waals surface area contributed by atoms with Crippen LogP contribution in [0, 0.1) is 5.92 Å². The number of aliphatic hydroxyl groups is 2. The van der Waals surface area contributed by atoms with Crippen LogP contribution in [0.5, 0.6) is 0 Å². The molecule has 0 spiro atoms. The number of rotatable bonds is 4. The fourth-order valence-electron chi connectivity index (χ4n) is 3.80. The smallest absolute Gasteiger partial charge is 0.0819 e. The minimum Gasteiger partial charge on any atom is -0.391 e. The Morgan fingerprint density at radius 2 is 1.52 bits per heavy atom. The monoisotopic (exact) mass is 339 g/mol. The van der Waals surface area contributed by atoms with Crippen molar-refractivity contribution in [1.29, 1.82) is 0 Å². The topological polar surface area (TPSA) is 52.5 Å². The average Bonchev–Trinajstić information content (AvgIpc) is 2.94. The first-order valence-electron chi connectivity index (χ1n) is 9.13. The molecule has 0 aromatic heterocycles. The SMILES string of the molecule is CC(C)(C)N[C@H]1C[C@@H](C(O)c2ccc(-c3ccccc3)cc2)C[C@@H]1O. The molecule has 0 heterocycles. The van der Waals surface area contributed by atoms with Gasteiger partial charge in [0.2, 0.25) is 0 Å². The normalized spacial score (nSPS) is 25.1. The first-order chi connectivity index (χ1) is 11.8. The Bertz CT molecular complexity index is 675. The van der Waals surface area contributed by atoms with Gasteiger partial charge in [0.1, 0.15) is 0 Å². The highest BCUT2D eigenvalue weighted by atomic mass is 16.3. The van der Waals surface area contributed by atoms with E-state index in [1.54, 1.807) is 0 Å². The fraction of sp³-hybridized carbons (Fsp3) is 0.455. The van der Waals surface area contributed by atoms with Gasteiger partial charge in [-0.3, -0.25) is 0 Å². The highest BCUT2D eigenvalue weighted by molar-refractivity contribution is 5.63. The summed E-state index contributed by atoms with van der Waals surface area (Å²) in [6.07, 6.45) is 0.490. The standard InChI is InChI=1S/C22H29NO2/c1-22(2,3)23-19-13-18(14-20(19)24)21(25)17-11-9-16(10-12-17)15-7-5-4-6-8-15/h4-12,18-21,23-25H,13-14H2,1-3H3/t18-,19+,20+,21?/m1/s1. The predicted octanol–water partition coefficient (Wildman–Crippen LogP) is 3.91. The van der Waals surface area contributed by atoms with Crippen molar-refractivity contribution < 1.29 is 10.2 Å². The Balaban J connectivity index is 1.68. The summed E-state index contributed by atoms with van der Waals surface area (Å²) in [6.45, 7) is 6.31. The lowest BCUT2D eigenvalue weighted by molar-refractivity contribution is 0.0958. The number of hydrogen-bond donors (Lipinski definition) is 3. The Hall–Kier alpha value is -1.68. The summed E-state index contributed by atoms with van der Waals surface area (Å²) < 4.78 is 0. The summed E-state index contributed by atoms with van der Waals surface area (Å²) in [7, 11) is 0. The second kappa shape index (κ2) is 7.28. The highest BCUT2D eigenvalue weighted by Crippen LogP contribution is 2.37. The van der Waals surface area contributed by atoms with Crippen LogP contribution in [0.4, 0.5) is 0 Å². The van der Waals surface area contributed by atoms with Gasteiger partial charge in [-0.2, -0.15) is 0 Å². The molecule has 3 rings (SSSR count). The van der Waals surface area contributed by atoms with Crippen molar-refractivity contribution in [3.8, 4) is 11.1 Å². The molecule has 1 unspecified atom stereocenters. The van der Waals surface area contributed by atoms with E-state index in [0.29, 0.717) is 6.42 Å². The molecule has 0 radical (unpaired) electrons. The third-order valence-electron chi connectivity index (χ3n) is 4.99. The largest absolute Gasteiger partial charge is 0.391 e. The first kappa shape index (κ1) is 18.1. The summed E-state index contributed by atoms with van der Waals surface area (Å²) >= 11 is 0. The van der Waals surface area contributed by atoms with Gasteiger partial charge in [0.05, 0.1) is 12.2 Å². The zero-order valence-corrected chi connectivity index (χ0v) is 15.3. The maximum absolute atomic E-state index is 10.8. The number of nitrogens with one attached hydrogen (secondary N) is 1. The Kier molecular flexibility index (Phi) is 5.28. The van der Waals surface area contributed by atoms with Crippen LogP contribution in [0.2, 0.25) is 0 Å². The lowest BCUT2D eigenvalue weighted by Crippen LogP contribution is -2.47. The van der Waals surface area contributed by atoms with Gasteiger partial charge < -0.3 is 15.5 Å². The molecule has 0 saturated heterocycles. The van der Waals surface area contributed by atoms with Crippen LogP contribution in [0.1, 0.15) is 45.3 Å². The van der Waals surface area contributed by atoms with E-state index in [1.807, 2.05) is 30.3 Å². The molecule has 1 aliphatic carbocycles. The van der Waals surface area contributed by atoms with E-state index in [0.717, 1.165) is 17.5 Å². The Labute approximate surface area is 150 Å². The maximum atomic E-state index is 10.8. The molecule has 1 aliphatic rings. The molecule has 0 aliphatic heterocycles. The van der Waals surface area contributed by atoms with Crippen LogP contribution >= 0.6 is 0 Å². The van der Waals surface area contributed by atoms with Crippen LogP contribution in [0.3, 0.4) is 0 Å². The van der Waals surface area contributed by atoms with Crippen LogP contribution in [-0.2, 0) is 0 Å². The number of aliphatic hydroxyl groups excluding tert-OH is 2. The van der Waals surface area contributed by atoms with E-state index in [-0.39, 0.29) is 17.5 Å². The lowest BCUT2D eigenvalue weighted by atomic mass is 9.92. The molecule has 3 nitrogen and oxygen atoms in total. The Morgan fingerprint density at radius 3 is 2.12 bits per heavy atom. The van der Waals surface area contributed by atoms with Crippen molar-refractivity contribution in [2.45, 2.75) is 57.4 Å². The third kappa shape index (κ3) is 4.49. The van der Waals surface area contributed by atoms with E-state index >= 15 is 0 Å². The Morgan fingerprint density at radius 1 is 0.920 bits per heavy atom. The molecular weight excluding hydrogens is 310 g/mol. The summed E-state index contributed by atoms with van der Waals surface area (Å²) in [6, 6.07) is 18.4. The van der Waals surface area contributed by atoms with Gasteiger partial charge in [0.15, 0.2) is 0 Å². The van der Waals surface area contributed by atoms with Gasteiger partial charge >= 0.3 is 0 Å². The van der Waals surface area contributed by atoms with Gasteiger partial charge in [0.25, 0.3) is 0 Å². The van der Waals surface area contributed by atoms with Crippen molar-refractivity contribution >= 4 is 0 Å². The van der Waals surface area contributed by atoms with Crippen molar-refractivity contribution in [2.75, 3.05) is 0 Å². The summed E-state index contributed by atoms with van der Waals surface area (Å²) in [4.78, 5) is 0. The molecule has 1 fully saturated rings. The minimum atomic E-state index is -0.536. The molecule has 2 aromatic rings. The van der Waals surface area contributed by atoms with Crippen molar-refractivity contribution in [3.63, 3.8) is 0 Å². The van der Waals surface area contributed by atoms with E-state index in [9.17, 15) is 10.2 Å². The first-order valence-corrected chi connectivity index (χ1v) is 9.13. The molecule has 134 valence electrons. The van der Waals surface area contributed by atoms with Crippen LogP contribution in [-0.4, -0.2) is 27.9 Å². The van der Waals surface area contributed by atoms with E-state index in [1.165, 1.54) is 5.56 Å². The molecular formula is C22H29NO2. The molecule has 3 N–H and O–H groups in total.